The first-order chi connectivity index (χ1) is 8.38. The molecular weight excluding hydrogens is 253 g/mol. The maximum Gasteiger partial charge on any atom is 0.238 e. The maximum atomic E-state index is 12.9. The van der Waals surface area contributed by atoms with Gasteiger partial charge in [0.2, 0.25) is 10.0 Å². The summed E-state index contributed by atoms with van der Waals surface area (Å²) in [4.78, 5) is 0.0414. The summed E-state index contributed by atoms with van der Waals surface area (Å²) in [6.45, 7) is 1.85. The van der Waals surface area contributed by atoms with Crippen LogP contribution in [0.3, 0.4) is 0 Å². The van der Waals surface area contributed by atoms with Gasteiger partial charge in [0.25, 0.3) is 0 Å². The second-order valence-electron chi connectivity index (χ2n) is 4.05. The van der Waals surface area contributed by atoms with Crippen LogP contribution >= 0.6 is 0 Å². The van der Waals surface area contributed by atoms with E-state index in [4.69, 9.17) is 5.14 Å². The molecule has 0 radical (unpaired) electrons. The summed E-state index contributed by atoms with van der Waals surface area (Å²) in [6, 6.07) is 10.5. The van der Waals surface area contributed by atoms with Crippen LogP contribution < -0.4 is 5.14 Å². The van der Waals surface area contributed by atoms with Crippen molar-refractivity contribution in [3.05, 3.63) is 53.8 Å². The molecule has 0 atom stereocenters. The largest absolute Gasteiger partial charge is 0.238 e. The van der Waals surface area contributed by atoms with Crippen LogP contribution in [0.1, 0.15) is 5.56 Å². The van der Waals surface area contributed by atoms with Crippen molar-refractivity contribution in [1.29, 1.82) is 0 Å². The molecule has 0 spiro atoms. The second-order valence-corrected chi connectivity index (χ2v) is 5.58. The number of benzene rings is 2. The van der Waals surface area contributed by atoms with E-state index in [1.807, 2.05) is 6.92 Å². The molecule has 0 amide bonds. The molecule has 2 aromatic carbocycles. The highest BCUT2D eigenvalue weighted by molar-refractivity contribution is 7.89. The molecule has 5 heteroatoms. The van der Waals surface area contributed by atoms with E-state index in [-0.39, 0.29) is 10.7 Å². The molecular formula is C13H12FNO2S. The monoisotopic (exact) mass is 265 g/mol. The fraction of sp³-hybridized carbons (Fsp3) is 0.0769. The summed E-state index contributed by atoms with van der Waals surface area (Å²) >= 11 is 0. The number of nitrogens with two attached hydrogens (primary N) is 1. The fourth-order valence-corrected chi connectivity index (χ4v) is 2.49. The van der Waals surface area contributed by atoms with Crippen LogP contribution in [0, 0.1) is 12.7 Å². The summed E-state index contributed by atoms with van der Waals surface area (Å²) in [7, 11) is -3.80. The van der Waals surface area contributed by atoms with Gasteiger partial charge in [0, 0.05) is 5.56 Å². The van der Waals surface area contributed by atoms with Gasteiger partial charge in [0.15, 0.2) is 0 Å². The minimum atomic E-state index is -3.80. The second kappa shape index (κ2) is 4.51. The van der Waals surface area contributed by atoms with Gasteiger partial charge in [-0.25, -0.2) is 17.9 Å². The molecule has 18 heavy (non-hydrogen) atoms. The van der Waals surface area contributed by atoms with Crippen LogP contribution in [0.5, 0.6) is 0 Å². The highest BCUT2D eigenvalue weighted by atomic mass is 32.2. The molecule has 94 valence electrons. The molecule has 0 heterocycles. The number of rotatable bonds is 2. The van der Waals surface area contributed by atoms with E-state index in [9.17, 15) is 12.8 Å². The Hall–Kier alpha value is -1.72. The van der Waals surface area contributed by atoms with E-state index in [2.05, 4.69) is 0 Å². The summed E-state index contributed by atoms with van der Waals surface area (Å²) in [5, 5.41) is 5.17. The van der Waals surface area contributed by atoms with Crippen LogP contribution in [-0.2, 0) is 10.0 Å². The van der Waals surface area contributed by atoms with E-state index in [0.29, 0.717) is 11.1 Å². The van der Waals surface area contributed by atoms with Gasteiger partial charge in [-0.05, 0) is 30.7 Å². The number of hydrogen-bond acceptors (Lipinski definition) is 2. The van der Waals surface area contributed by atoms with Crippen LogP contribution in [0.25, 0.3) is 11.1 Å². The lowest BCUT2D eigenvalue weighted by Gasteiger charge is -2.09. The zero-order chi connectivity index (χ0) is 13.3. The molecule has 3 nitrogen and oxygen atoms in total. The quantitative estimate of drug-likeness (QED) is 0.906. The Morgan fingerprint density at radius 3 is 2.22 bits per heavy atom. The van der Waals surface area contributed by atoms with Crippen molar-refractivity contribution >= 4 is 10.0 Å². The number of hydrogen-bond donors (Lipinski definition) is 1. The average Bonchev–Trinajstić information content (AvgIpc) is 2.28. The number of halogens is 1. The van der Waals surface area contributed by atoms with Gasteiger partial charge in [-0.1, -0.05) is 29.8 Å². The van der Waals surface area contributed by atoms with Gasteiger partial charge in [-0.15, -0.1) is 0 Å². The molecule has 2 rings (SSSR count). The smallest absolute Gasteiger partial charge is 0.225 e. The van der Waals surface area contributed by atoms with Crippen molar-refractivity contribution in [1.82, 2.24) is 0 Å². The van der Waals surface area contributed by atoms with Crippen LogP contribution in [0.15, 0.2) is 47.4 Å². The standard InChI is InChI=1S/C13H12FNO2S/c1-9-2-7-13(18(15,16)17)12(8-9)10-3-5-11(14)6-4-10/h2-8H,1H3,(H2,15,16,17). The van der Waals surface area contributed by atoms with E-state index >= 15 is 0 Å². The van der Waals surface area contributed by atoms with Gasteiger partial charge >= 0.3 is 0 Å². The summed E-state index contributed by atoms with van der Waals surface area (Å²) in [5.74, 6) is -0.372. The third-order valence-electron chi connectivity index (χ3n) is 2.60. The molecule has 0 aliphatic rings. The number of aryl methyl sites for hydroxylation is 1. The molecule has 0 aliphatic carbocycles. The highest BCUT2D eigenvalue weighted by Gasteiger charge is 2.15. The predicted molar refractivity (Wildman–Crippen MR) is 67.9 cm³/mol. The summed E-state index contributed by atoms with van der Waals surface area (Å²) in [6.07, 6.45) is 0. The Labute approximate surface area is 105 Å². The normalized spacial score (nSPS) is 11.5. The molecule has 2 aromatic rings. The van der Waals surface area contributed by atoms with Crippen LogP contribution in [0.2, 0.25) is 0 Å². The zero-order valence-electron chi connectivity index (χ0n) is 9.72. The van der Waals surface area contributed by atoms with Gasteiger partial charge in [0.05, 0.1) is 4.90 Å². The molecule has 2 N–H and O–H groups in total. The first-order valence-corrected chi connectivity index (χ1v) is 6.82. The highest BCUT2D eigenvalue weighted by Crippen LogP contribution is 2.27. The van der Waals surface area contributed by atoms with E-state index in [1.165, 1.54) is 30.3 Å². The van der Waals surface area contributed by atoms with E-state index in [0.717, 1.165) is 5.56 Å². The van der Waals surface area contributed by atoms with Crippen molar-refractivity contribution in [2.24, 2.45) is 5.14 Å². The SMILES string of the molecule is Cc1ccc(S(N)(=O)=O)c(-c2ccc(F)cc2)c1. The Balaban J connectivity index is 2.69. The fourth-order valence-electron chi connectivity index (χ4n) is 1.75. The molecule has 0 bridgehead atoms. The predicted octanol–water partition coefficient (Wildman–Crippen LogP) is 2.45. The van der Waals surface area contributed by atoms with Crippen molar-refractivity contribution < 1.29 is 12.8 Å². The molecule has 0 unspecified atom stereocenters. The maximum absolute atomic E-state index is 12.9. The van der Waals surface area contributed by atoms with E-state index < -0.39 is 10.0 Å². The third-order valence-corrected chi connectivity index (χ3v) is 3.57. The zero-order valence-corrected chi connectivity index (χ0v) is 10.5. The first kappa shape index (κ1) is 12.7. The van der Waals surface area contributed by atoms with E-state index in [1.54, 1.807) is 12.1 Å². The minimum Gasteiger partial charge on any atom is -0.225 e. The number of primary sulfonamides is 1. The summed E-state index contributed by atoms with van der Waals surface area (Å²) < 4.78 is 35.9. The lowest BCUT2D eigenvalue weighted by atomic mass is 10.0. The van der Waals surface area contributed by atoms with Crippen molar-refractivity contribution in [2.75, 3.05) is 0 Å². The molecule has 0 aliphatic heterocycles. The van der Waals surface area contributed by atoms with Crippen molar-refractivity contribution in [3.63, 3.8) is 0 Å². The Morgan fingerprint density at radius 2 is 1.67 bits per heavy atom. The van der Waals surface area contributed by atoms with Gasteiger partial charge < -0.3 is 0 Å². The Bertz CT molecular complexity index is 679. The van der Waals surface area contributed by atoms with Gasteiger partial charge in [0.1, 0.15) is 5.82 Å². The molecule has 0 fully saturated rings. The third kappa shape index (κ3) is 2.57. The Kier molecular flexibility index (Phi) is 3.19. The number of sulfonamides is 1. The van der Waals surface area contributed by atoms with Crippen LogP contribution in [0.4, 0.5) is 4.39 Å². The first-order valence-electron chi connectivity index (χ1n) is 5.27. The Morgan fingerprint density at radius 1 is 1.06 bits per heavy atom. The lowest BCUT2D eigenvalue weighted by molar-refractivity contribution is 0.598. The van der Waals surface area contributed by atoms with Crippen molar-refractivity contribution in [2.45, 2.75) is 11.8 Å². The van der Waals surface area contributed by atoms with Gasteiger partial charge in [-0.2, -0.15) is 0 Å². The molecule has 0 aromatic heterocycles. The molecule has 0 saturated carbocycles. The van der Waals surface area contributed by atoms with Crippen LogP contribution in [-0.4, -0.2) is 8.42 Å². The summed E-state index contributed by atoms with van der Waals surface area (Å²) in [5.41, 5.74) is 2.00. The topological polar surface area (TPSA) is 60.2 Å². The van der Waals surface area contributed by atoms with Gasteiger partial charge in [-0.3, -0.25) is 0 Å². The minimum absolute atomic E-state index is 0.0414. The molecule has 0 saturated heterocycles. The average molecular weight is 265 g/mol. The van der Waals surface area contributed by atoms with Crippen molar-refractivity contribution in [3.8, 4) is 11.1 Å². The lowest BCUT2D eigenvalue weighted by Crippen LogP contribution is -2.13.